The maximum absolute atomic E-state index is 11.0. The molecule has 0 radical (unpaired) electrons. The van der Waals surface area contributed by atoms with E-state index in [9.17, 15) is 9.59 Å². The molecule has 5 nitrogen and oxygen atoms in total. The molecule has 0 saturated heterocycles. The van der Waals surface area contributed by atoms with Gasteiger partial charge in [-0.15, -0.1) is 0 Å². The van der Waals surface area contributed by atoms with Crippen molar-refractivity contribution in [3.63, 3.8) is 0 Å². The van der Waals surface area contributed by atoms with Gasteiger partial charge in [0, 0.05) is 18.2 Å². The quantitative estimate of drug-likeness (QED) is 0.207. The van der Waals surface area contributed by atoms with Crippen molar-refractivity contribution in [2.24, 2.45) is 0 Å². The third-order valence-electron chi connectivity index (χ3n) is 2.10. The lowest BCUT2D eigenvalue weighted by Gasteiger charge is -2.00. The predicted octanol–water partition coefficient (Wildman–Crippen LogP) is 4.28. The van der Waals surface area contributed by atoms with Crippen LogP contribution >= 0.6 is 0 Å². The first-order valence-electron chi connectivity index (χ1n) is 7.79. The Kier molecular flexibility index (Phi) is 27.8. The van der Waals surface area contributed by atoms with Gasteiger partial charge in [0.1, 0.15) is 0 Å². The normalized spacial score (nSPS) is 8.38. The summed E-state index contributed by atoms with van der Waals surface area (Å²) >= 11 is 0. The van der Waals surface area contributed by atoms with E-state index >= 15 is 0 Å². The number of carbonyl (C=O) groups excluding carboxylic acids is 2. The lowest BCUT2D eigenvalue weighted by atomic mass is 10.4. The van der Waals surface area contributed by atoms with Crippen LogP contribution in [-0.4, -0.2) is 25.2 Å². The molecule has 0 aliphatic rings. The standard InChI is InChI=1S/C12H20O4.C4H6.C3H3N/c1-3-5-9-15-11(13)7-8-12(14)16-10-6-4-2;1-3-4-2;1-2-3-4/h7-8H,3-6,9-10H2,1-2H3;3-4H,1-2H2;2H,1H2/b8-7+;;. The molecule has 0 spiro atoms. The zero-order valence-electron chi connectivity index (χ0n) is 14.8. The van der Waals surface area contributed by atoms with E-state index in [1.807, 2.05) is 13.8 Å². The average Bonchev–Trinajstić information content (AvgIpc) is 2.61. The molecule has 0 saturated carbocycles. The minimum absolute atomic E-state index is 0.393. The maximum atomic E-state index is 11.0. The van der Waals surface area contributed by atoms with Crippen molar-refractivity contribution in [3.8, 4) is 6.07 Å². The Morgan fingerprint density at radius 3 is 1.46 bits per heavy atom. The number of unbranched alkanes of at least 4 members (excludes halogenated alkanes) is 2. The highest BCUT2D eigenvalue weighted by molar-refractivity contribution is 5.91. The highest BCUT2D eigenvalue weighted by atomic mass is 16.5. The van der Waals surface area contributed by atoms with Crippen LogP contribution in [0.5, 0.6) is 0 Å². The Balaban J connectivity index is -0.000000457. The second-order valence-corrected chi connectivity index (χ2v) is 4.18. The number of nitriles is 1. The van der Waals surface area contributed by atoms with Crippen LogP contribution in [0.4, 0.5) is 0 Å². The van der Waals surface area contributed by atoms with E-state index in [0.717, 1.165) is 37.8 Å². The molecule has 0 aromatic heterocycles. The molecule has 0 heterocycles. The van der Waals surface area contributed by atoms with Crippen molar-refractivity contribution in [2.45, 2.75) is 39.5 Å². The molecule has 0 rings (SSSR count). The van der Waals surface area contributed by atoms with Gasteiger partial charge in [-0.25, -0.2) is 9.59 Å². The van der Waals surface area contributed by atoms with Gasteiger partial charge < -0.3 is 9.47 Å². The van der Waals surface area contributed by atoms with Crippen molar-refractivity contribution in [1.82, 2.24) is 0 Å². The molecule has 24 heavy (non-hydrogen) atoms. The van der Waals surface area contributed by atoms with Crippen molar-refractivity contribution in [2.75, 3.05) is 13.2 Å². The second kappa shape index (κ2) is 25.3. The van der Waals surface area contributed by atoms with Crippen LogP contribution in [0.1, 0.15) is 39.5 Å². The smallest absolute Gasteiger partial charge is 0.331 e. The number of rotatable bonds is 9. The Bertz CT molecular complexity index is 390. The summed E-state index contributed by atoms with van der Waals surface area (Å²) in [6.45, 7) is 14.6. The van der Waals surface area contributed by atoms with Gasteiger partial charge in [0.05, 0.1) is 19.3 Å². The molecule has 0 unspecified atom stereocenters. The van der Waals surface area contributed by atoms with Gasteiger partial charge in [0.25, 0.3) is 0 Å². The van der Waals surface area contributed by atoms with E-state index in [4.69, 9.17) is 14.7 Å². The molecule has 0 atom stereocenters. The molecule has 0 bridgehead atoms. The van der Waals surface area contributed by atoms with E-state index in [1.165, 1.54) is 6.08 Å². The van der Waals surface area contributed by atoms with Crippen LogP contribution in [0, 0.1) is 11.3 Å². The number of esters is 2. The molecule has 0 N–H and O–H groups in total. The summed E-state index contributed by atoms with van der Waals surface area (Å²) in [7, 11) is 0. The molecular weight excluding hydrogens is 306 g/mol. The summed E-state index contributed by atoms with van der Waals surface area (Å²) in [5, 5.41) is 7.51. The lowest BCUT2D eigenvalue weighted by molar-refractivity contribution is -0.140. The van der Waals surface area contributed by atoms with Crippen LogP contribution in [0.2, 0.25) is 0 Å². The Hall–Kier alpha value is -2.61. The van der Waals surface area contributed by atoms with Gasteiger partial charge in [-0.3, -0.25) is 0 Å². The first-order valence-corrected chi connectivity index (χ1v) is 7.79. The van der Waals surface area contributed by atoms with E-state index < -0.39 is 11.9 Å². The summed E-state index contributed by atoms with van der Waals surface area (Å²) in [5.41, 5.74) is 0. The van der Waals surface area contributed by atoms with Gasteiger partial charge in [-0.05, 0) is 12.8 Å². The number of ether oxygens (including phenoxy) is 2. The van der Waals surface area contributed by atoms with Gasteiger partial charge >= 0.3 is 11.9 Å². The third kappa shape index (κ3) is 31.7. The zero-order valence-corrected chi connectivity index (χ0v) is 14.8. The van der Waals surface area contributed by atoms with Crippen molar-refractivity contribution < 1.29 is 19.1 Å². The molecule has 5 heteroatoms. The summed E-state index contributed by atoms with van der Waals surface area (Å²) in [6.07, 6.45) is 10.3. The maximum Gasteiger partial charge on any atom is 0.331 e. The van der Waals surface area contributed by atoms with Crippen LogP contribution in [0.15, 0.2) is 50.1 Å². The topological polar surface area (TPSA) is 76.4 Å². The van der Waals surface area contributed by atoms with Crippen LogP contribution in [0.3, 0.4) is 0 Å². The lowest BCUT2D eigenvalue weighted by Crippen LogP contribution is -2.05. The fourth-order valence-electron chi connectivity index (χ4n) is 0.867. The fourth-order valence-corrected chi connectivity index (χ4v) is 0.867. The summed E-state index contributed by atoms with van der Waals surface area (Å²) < 4.78 is 9.65. The number of nitrogens with zero attached hydrogens (tertiary/aromatic N) is 1. The fraction of sp³-hybridized carbons (Fsp3) is 0.421. The van der Waals surface area contributed by atoms with Crippen molar-refractivity contribution in [1.29, 1.82) is 5.26 Å². The average molecular weight is 335 g/mol. The largest absolute Gasteiger partial charge is 0.463 e. The number of carbonyl (C=O) groups is 2. The summed E-state index contributed by atoms with van der Waals surface area (Å²) in [5.74, 6) is -0.998. The number of hydrogen-bond acceptors (Lipinski definition) is 5. The molecule has 0 aromatic carbocycles. The first kappa shape index (κ1) is 26.3. The molecular formula is C19H29NO4. The Morgan fingerprint density at radius 2 is 1.25 bits per heavy atom. The van der Waals surface area contributed by atoms with Crippen LogP contribution in [0.25, 0.3) is 0 Å². The third-order valence-corrected chi connectivity index (χ3v) is 2.10. The summed E-state index contributed by atoms with van der Waals surface area (Å²) in [4.78, 5) is 22.1. The molecule has 134 valence electrons. The Labute approximate surface area is 146 Å². The predicted molar refractivity (Wildman–Crippen MR) is 97.1 cm³/mol. The summed E-state index contributed by atoms with van der Waals surface area (Å²) in [6, 6.07) is 1.69. The van der Waals surface area contributed by atoms with Gasteiger partial charge in [-0.2, -0.15) is 5.26 Å². The monoisotopic (exact) mass is 335 g/mol. The van der Waals surface area contributed by atoms with E-state index in [1.54, 1.807) is 18.2 Å². The van der Waals surface area contributed by atoms with E-state index in [0.29, 0.717) is 13.2 Å². The first-order chi connectivity index (χ1) is 11.5. The minimum atomic E-state index is -0.499. The van der Waals surface area contributed by atoms with Crippen LogP contribution in [-0.2, 0) is 19.1 Å². The number of hydrogen-bond donors (Lipinski definition) is 0. The zero-order chi connectivity index (χ0) is 19.1. The van der Waals surface area contributed by atoms with Crippen molar-refractivity contribution in [3.05, 3.63) is 50.1 Å². The molecule has 0 amide bonds. The van der Waals surface area contributed by atoms with Gasteiger partial charge in [-0.1, -0.05) is 58.6 Å². The molecule has 0 fully saturated rings. The minimum Gasteiger partial charge on any atom is -0.463 e. The van der Waals surface area contributed by atoms with E-state index in [-0.39, 0.29) is 0 Å². The highest BCUT2D eigenvalue weighted by Gasteiger charge is 2.00. The van der Waals surface area contributed by atoms with Gasteiger partial charge in [0.15, 0.2) is 0 Å². The van der Waals surface area contributed by atoms with Gasteiger partial charge in [0.2, 0.25) is 0 Å². The highest BCUT2D eigenvalue weighted by Crippen LogP contribution is 1.92. The van der Waals surface area contributed by atoms with E-state index in [2.05, 4.69) is 19.7 Å². The number of allylic oxidation sites excluding steroid dienone is 3. The Morgan fingerprint density at radius 1 is 0.917 bits per heavy atom. The molecule has 0 aliphatic carbocycles. The molecule has 0 aliphatic heterocycles. The van der Waals surface area contributed by atoms with Crippen LogP contribution < -0.4 is 0 Å². The SMILES string of the molecule is C=CC#N.C=CC=C.CCCCOC(=O)/C=C/C(=O)OCCCC. The second-order valence-electron chi connectivity index (χ2n) is 4.18. The van der Waals surface area contributed by atoms with Crippen molar-refractivity contribution >= 4 is 11.9 Å². The molecule has 0 aromatic rings.